The molecule has 0 heterocycles. The zero-order chi connectivity index (χ0) is 13.6. The van der Waals surface area contributed by atoms with Crippen molar-refractivity contribution >= 4 is 5.91 Å². The number of rotatable bonds is 6. The normalized spacial score (nSPS) is 24.9. The molecule has 1 fully saturated rings. The highest BCUT2D eigenvalue weighted by molar-refractivity contribution is 5.77. The molecule has 0 aromatic rings. The molecule has 106 valence electrons. The summed E-state index contributed by atoms with van der Waals surface area (Å²) in [6.07, 6.45) is 5.56. The third-order valence-electron chi connectivity index (χ3n) is 3.89. The fourth-order valence-corrected chi connectivity index (χ4v) is 2.21. The summed E-state index contributed by atoms with van der Waals surface area (Å²) in [6, 6.07) is 0.623. The van der Waals surface area contributed by atoms with Gasteiger partial charge in [-0.15, -0.1) is 0 Å². The Kier molecular flexibility index (Phi) is 6.09. The second-order valence-electron chi connectivity index (χ2n) is 5.86. The van der Waals surface area contributed by atoms with E-state index in [0.717, 1.165) is 32.1 Å². The van der Waals surface area contributed by atoms with Crippen LogP contribution in [0.15, 0.2) is 0 Å². The van der Waals surface area contributed by atoms with Crippen molar-refractivity contribution in [2.75, 3.05) is 13.7 Å². The molecule has 0 aromatic carbocycles. The molecule has 0 atom stereocenters. The van der Waals surface area contributed by atoms with Crippen LogP contribution in [0.2, 0.25) is 0 Å². The average Bonchev–Trinajstić information content (AvgIpc) is 2.36. The average molecular weight is 256 g/mol. The Bertz CT molecular complexity index is 259. The van der Waals surface area contributed by atoms with E-state index < -0.39 is 0 Å². The van der Waals surface area contributed by atoms with E-state index in [1.165, 1.54) is 0 Å². The Morgan fingerprint density at radius 2 is 1.89 bits per heavy atom. The zero-order valence-corrected chi connectivity index (χ0v) is 12.2. The van der Waals surface area contributed by atoms with Crippen molar-refractivity contribution in [3.63, 3.8) is 0 Å². The predicted octanol–water partition coefficient (Wildman–Crippen LogP) is 1.84. The van der Waals surface area contributed by atoms with Crippen LogP contribution < -0.4 is 10.6 Å². The van der Waals surface area contributed by atoms with Crippen molar-refractivity contribution < 1.29 is 9.53 Å². The Hall–Kier alpha value is -0.610. The number of hydrogen-bond donors (Lipinski definition) is 2. The summed E-state index contributed by atoms with van der Waals surface area (Å²) in [5.74, 6) is -0.00223. The SMILES string of the molecule is CCC(C)(C)NC(=O)COC1CCC(NC)CC1. The maximum absolute atomic E-state index is 11.7. The van der Waals surface area contributed by atoms with Crippen LogP contribution in [-0.4, -0.2) is 37.2 Å². The monoisotopic (exact) mass is 256 g/mol. The van der Waals surface area contributed by atoms with Crippen molar-refractivity contribution in [2.24, 2.45) is 0 Å². The summed E-state index contributed by atoms with van der Waals surface area (Å²) in [7, 11) is 2.01. The minimum Gasteiger partial charge on any atom is -0.368 e. The fraction of sp³-hybridized carbons (Fsp3) is 0.929. The van der Waals surface area contributed by atoms with Gasteiger partial charge < -0.3 is 15.4 Å². The summed E-state index contributed by atoms with van der Waals surface area (Å²) >= 11 is 0. The van der Waals surface area contributed by atoms with Gasteiger partial charge >= 0.3 is 0 Å². The topological polar surface area (TPSA) is 50.4 Å². The predicted molar refractivity (Wildman–Crippen MR) is 73.6 cm³/mol. The van der Waals surface area contributed by atoms with E-state index in [2.05, 4.69) is 17.6 Å². The molecule has 0 spiro atoms. The quantitative estimate of drug-likeness (QED) is 0.762. The molecule has 4 heteroatoms. The van der Waals surface area contributed by atoms with Crippen molar-refractivity contribution in [1.29, 1.82) is 0 Å². The third kappa shape index (κ3) is 5.36. The maximum atomic E-state index is 11.7. The largest absolute Gasteiger partial charge is 0.368 e. The van der Waals surface area contributed by atoms with Crippen molar-refractivity contribution in [1.82, 2.24) is 10.6 Å². The van der Waals surface area contributed by atoms with Gasteiger partial charge in [-0.25, -0.2) is 0 Å². The van der Waals surface area contributed by atoms with Crippen LogP contribution in [0.4, 0.5) is 0 Å². The molecule has 1 aliphatic carbocycles. The first-order chi connectivity index (χ1) is 8.46. The summed E-state index contributed by atoms with van der Waals surface area (Å²) in [5.41, 5.74) is -0.135. The molecule has 4 nitrogen and oxygen atoms in total. The lowest BCUT2D eigenvalue weighted by molar-refractivity contribution is -0.130. The number of amides is 1. The number of carbonyl (C=O) groups excluding carboxylic acids is 1. The van der Waals surface area contributed by atoms with Crippen LogP contribution >= 0.6 is 0 Å². The van der Waals surface area contributed by atoms with Gasteiger partial charge in [0.05, 0.1) is 6.10 Å². The summed E-state index contributed by atoms with van der Waals surface area (Å²) < 4.78 is 5.69. The molecule has 1 rings (SSSR count). The molecule has 0 radical (unpaired) electrons. The number of carbonyl (C=O) groups is 1. The van der Waals surface area contributed by atoms with Crippen LogP contribution in [0.25, 0.3) is 0 Å². The molecule has 0 aliphatic heterocycles. The van der Waals surface area contributed by atoms with E-state index in [4.69, 9.17) is 4.74 Å². The van der Waals surface area contributed by atoms with Gasteiger partial charge in [0.25, 0.3) is 0 Å². The Morgan fingerprint density at radius 1 is 1.28 bits per heavy atom. The van der Waals surface area contributed by atoms with Crippen LogP contribution in [0.1, 0.15) is 52.9 Å². The summed E-state index contributed by atoms with van der Waals surface area (Å²) in [5, 5.41) is 6.28. The lowest BCUT2D eigenvalue weighted by atomic mass is 9.93. The van der Waals surface area contributed by atoms with Gasteiger partial charge in [0.2, 0.25) is 5.91 Å². The van der Waals surface area contributed by atoms with Crippen LogP contribution in [-0.2, 0) is 9.53 Å². The first-order valence-corrected chi connectivity index (χ1v) is 7.06. The van der Waals surface area contributed by atoms with E-state index in [9.17, 15) is 4.79 Å². The van der Waals surface area contributed by atoms with Crippen molar-refractivity contribution in [3.8, 4) is 0 Å². The second kappa shape index (κ2) is 7.10. The molecule has 0 saturated heterocycles. The minimum atomic E-state index is -0.135. The highest BCUT2D eigenvalue weighted by Crippen LogP contribution is 2.20. The lowest BCUT2D eigenvalue weighted by Gasteiger charge is -2.29. The second-order valence-corrected chi connectivity index (χ2v) is 5.86. The standard InChI is InChI=1S/C14H28N2O2/c1-5-14(2,3)16-13(17)10-18-12-8-6-11(15-4)7-9-12/h11-12,15H,5-10H2,1-4H3,(H,16,17). The lowest BCUT2D eigenvalue weighted by Crippen LogP contribution is -2.45. The summed E-state index contributed by atoms with van der Waals surface area (Å²) in [6.45, 7) is 6.32. The molecule has 18 heavy (non-hydrogen) atoms. The van der Waals surface area contributed by atoms with Crippen LogP contribution in [0, 0.1) is 0 Å². The van der Waals surface area contributed by atoms with Crippen molar-refractivity contribution in [3.05, 3.63) is 0 Å². The molecular weight excluding hydrogens is 228 g/mol. The first kappa shape index (κ1) is 15.4. The van der Waals surface area contributed by atoms with Gasteiger partial charge in [-0.2, -0.15) is 0 Å². The molecule has 1 amide bonds. The Morgan fingerprint density at radius 3 is 2.39 bits per heavy atom. The van der Waals surface area contributed by atoms with E-state index in [1.54, 1.807) is 0 Å². The van der Waals surface area contributed by atoms with Gasteiger partial charge in [0.1, 0.15) is 6.61 Å². The molecular formula is C14H28N2O2. The van der Waals surface area contributed by atoms with E-state index in [-0.39, 0.29) is 24.2 Å². The van der Waals surface area contributed by atoms with E-state index in [1.807, 2.05) is 20.9 Å². The smallest absolute Gasteiger partial charge is 0.246 e. The molecule has 0 bridgehead atoms. The Labute approximate surface area is 111 Å². The zero-order valence-electron chi connectivity index (χ0n) is 12.2. The molecule has 1 aliphatic rings. The number of nitrogens with one attached hydrogen (secondary N) is 2. The van der Waals surface area contributed by atoms with Crippen LogP contribution in [0.3, 0.4) is 0 Å². The van der Waals surface area contributed by atoms with Crippen LogP contribution in [0.5, 0.6) is 0 Å². The minimum absolute atomic E-state index is 0.00223. The molecule has 2 N–H and O–H groups in total. The van der Waals surface area contributed by atoms with Gasteiger partial charge in [-0.3, -0.25) is 4.79 Å². The van der Waals surface area contributed by atoms with Gasteiger partial charge in [-0.1, -0.05) is 6.92 Å². The number of ether oxygens (including phenoxy) is 1. The molecule has 0 unspecified atom stereocenters. The van der Waals surface area contributed by atoms with Gasteiger partial charge in [0.15, 0.2) is 0 Å². The first-order valence-electron chi connectivity index (χ1n) is 7.06. The molecule has 0 aromatic heterocycles. The van der Waals surface area contributed by atoms with E-state index >= 15 is 0 Å². The third-order valence-corrected chi connectivity index (χ3v) is 3.89. The molecule has 1 saturated carbocycles. The van der Waals surface area contributed by atoms with Gasteiger partial charge in [-0.05, 0) is 53.0 Å². The highest BCUT2D eigenvalue weighted by Gasteiger charge is 2.22. The maximum Gasteiger partial charge on any atom is 0.246 e. The summed E-state index contributed by atoms with van der Waals surface area (Å²) in [4.78, 5) is 11.7. The Balaban J connectivity index is 2.19. The van der Waals surface area contributed by atoms with E-state index in [0.29, 0.717) is 6.04 Å². The number of hydrogen-bond acceptors (Lipinski definition) is 3. The van der Waals surface area contributed by atoms with Crippen molar-refractivity contribution in [2.45, 2.75) is 70.6 Å². The highest BCUT2D eigenvalue weighted by atomic mass is 16.5. The van der Waals surface area contributed by atoms with Gasteiger partial charge in [0, 0.05) is 11.6 Å². The fourth-order valence-electron chi connectivity index (χ4n) is 2.21.